The topological polar surface area (TPSA) is 18.5 Å². The molecule has 0 atom stereocenters. The number of ether oxygens (including phenoxy) is 2. The van der Waals surface area contributed by atoms with Crippen molar-refractivity contribution in [3.63, 3.8) is 0 Å². The van der Waals surface area contributed by atoms with E-state index in [1.54, 1.807) is 0 Å². The molecule has 1 heterocycles. The third-order valence-electron chi connectivity index (χ3n) is 5.52. The van der Waals surface area contributed by atoms with E-state index in [4.69, 9.17) is 9.47 Å². The van der Waals surface area contributed by atoms with Crippen LogP contribution in [0.25, 0.3) is 10.8 Å². The molecular formula is C27H22F4O2. The second kappa shape index (κ2) is 10.2. The highest BCUT2D eigenvalue weighted by molar-refractivity contribution is 5.84. The van der Waals surface area contributed by atoms with Crippen molar-refractivity contribution in [2.45, 2.75) is 26.1 Å². The minimum atomic E-state index is -0.948. The van der Waals surface area contributed by atoms with Gasteiger partial charge in [-0.25, -0.2) is 17.6 Å². The molecule has 1 fully saturated rings. The number of benzene rings is 3. The minimum Gasteiger partial charge on any atom is -0.348 e. The second-order valence-electron chi connectivity index (χ2n) is 7.92. The zero-order valence-corrected chi connectivity index (χ0v) is 18.0. The van der Waals surface area contributed by atoms with Gasteiger partial charge in [-0.1, -0.05) is 36.1 Å². The lowest BCUT2D eigenvalue weighted by Gasteiger charge is -2.29. The van der Waals surface area contributed by atoms with Gasteiger partial charge in [-0.15, -0.1) is 0 Å². The summed E-state index contributed by atoms with van der Waals surface area (Å²) in [5.74, 6) is 1.88. The van der Waals surface area contributed by atoms with Gasteiger partial charge in [-0.05, 0) is 55.5 Å². The van der Waals surface area contributed by atoms with E-state index in [1.807, 2.05) is 13.0 Å². The molecule has 2 nitrogen and oxygen atoms in total. The summed E-state index contributed by atoms with van der Waals surface area (Å²) in [7, 11) is 0. The van der Waals surface area contributed by atoms with Crippen LogP contribution in [0.5, 0.6) is 0 Å². The molecule has 170 valence electrons. The average molecular weight is 454 g/mol. The highest BCUT2D eigenvalue weighted by Crippen LogP contribution is 2.29. The van der Waals surface area contributed by atoms with Crippen LogP contribution in [-0.4, -0.2) is 13.2 Å². The van der Waals surface area contributed by atoms with Gasteiger partial charge < -0.3 is 9.47 Å². The molecule has 1 aliphatic heterocycles. The van der Waals surface area contributed by atoms with Crippen molar-refractivity contribution in [3.05, 3.63) is 94.6 Å². The van der Waals surface area contributed by atoms with Crippen molar-refractivity contribution >= 4 is 10.8 Å². The van der Waals surface area contributed by atoms with Crippen molar-refractivity contribution in [1.29, 1.82) is 0 Å². The number of hydrogen-bond donors (Lipinski definition) is 0. The van der Waals surface area contributed by atoms with Gasteiger partial charge in [0, 0.05) is 22.4 Å². The number of allylic oxidation sites excluding steroid dienone is 2. The first kappa shape index (κ1) is 23.0. The first-order valence-electron chi connectivity index (χ1n) is 10.7. The molecule has 0 amide bonds. The van der Waals surface area contributed by atoms with Crippen LogP contribution in [0.3, 0.4) is 0 Å². The summed E-state index contributed by atoms with van der Waals surface area (Å²) in [5, 5.41) is 0.548. The van der Waals surface area contributed by atoms with Crippen LogP contribution < -0.4 is 0 Å². The Morgan fingerprint density at radius 3 is 2.33 bits per heavy atom. The van der Waals surface area contributed by atoms with Gasteiger partial charge in [0.1, 0.15) is 11.6 Å². The molecule has 4 rings (SSSR count). The molecule has 0 radical (unpaired) electrons. The molecule has 0 saturated carbocycles. The number of hydrogen-bond acceptors (Lipinski definition) is 2. The number of rotatable bonds is 4. The molecule has 1 aliphatic rings. The SMILES string of the molecule is C/C=C/CCC1COC(c2cc(F)c(C#Cc3ccc4c(F)c(F)ccc4c3)c(F)c2)OC1. The van der Waals surface area contributed by atoms with E-state index >= 15 is 0 Å². The van der Waals surface area contributed by atoms with Crippen LogP contribution in [-0.2, 0) is 9.47 Å². The normalized spacial score (nSPS) is 18.5. The van der Waals surface area contributed by atoms with Crippen LogP contribution in [0, 0.1) is 41.0 Å². The molecular weight excluding hydrogens is 432 g/mol. The smallest absolute Gasteiger partial charge is 0.184 e. The Morgan fingerprint density at radius 2 is 1.64 bits per heavy atom. The first-order valence-corrected chi connectivity index (χ1v) is 10.7. The van der Waals surface area contributed by atoms with Gasteiger partial charge in [0.25, 0.3) is 0 Å². The van der Waals surface area contributed by atoms with E-state index in [1.165, 1.54) is 24.3 Å². The van der Waals surface area contributed by atoms with Crippen LogP contribution >= 0.6 is 0 Å². The standard InChI is InChI=1S/C27H22F4O2/c1-2-3-4-5-18-15-32-27(33-16-18)20-13-24(29)22(25(30)14-20)10-7-17-6-9-21-19(12-17)8-11-23(28)26(21)31/h2-3,6,8-9,11-14,18,27H,4-5,15-16H2,1H3/b3-2+. The van der Waals surface area contributed by atoms with Gasteiger partial charge in [-0.3, -0.25) is 0 Å². The van der Waals surface area contributed by atoms with Crippen LogP contribution in [0.1, 0.15) is 42.7 Å². The molecule has 0 N–H and O–H groups in total. The first-order chi connectivity index (χ1) is 16.0. The van der Waals surface area contributed by atoms with Crippen LogP contribution in [0.15, 0.2) is 54.6 Å². The molecule has 6 heteroatoms. The third-order valence-corrected chi connectivity index (χ3v) is 5.52. The lowest BCUT2D eigenvalue weighted by atomic mass is 10.0. The maximum absolute atomic E-state index is 14.6. The quantitative estimate of drug-likeness (QED) is 0.245. The number of fused-ring (bicyclic) bond motifs is 1. The minimum absolute atomic E-state index is 0.110. The van der Waals surface area contributed by atoms with E-state index in [0.717, 1.165) is 31.0 Å². The summed E-state index contributed by atoms with van der Waals surface area (Å²) in [6.45, 7) is 2.88. The maximum atomic E-state index is 14.6. The fraction of sp³-hybridized carbons (Fsp3) is 0.259. The summed E-state index contributed by atoms with van der Waals surface area (Å²) in [6, 6.07) is 9.16. The molecule has 33 heavy (non-hydrogen) atoms. The Bertz CT molecular complexity index is 1230. The zero-order valence-electron chi connectivity index (χ0n) is 18.0. The van der Waals surface area contributed by atoms with Crippen molar-refractivity contribution in [2.24, 2.45) is 5.92 Å². The second-order valence-corrected chi connectivity index (χ2v) is 7.92. The summed E-state index contributed by atoms with van der Waals surface area (Å²) < 4.78 is 67.8. The summed E-state index contributed by atoms with van der Waals surface area (Å²) in [5.41, 5.74) is 0.286. The average Bonchev–Trinajstić information content (AvgIpc) is 2.81. The van der Waals surface area contributed by atoms with Gasteiger partial charge in [0.05, 0.1) is 18.8 Å². The van der Waals surface area contributed by atoms with Crippen LogP contribution in [0.4, 0.5) is 17.6 Å². The highest BCUT2D eigenvalue weighted by Gasteiger charge is 2.25. The Morgan fingerprint density at radius 1 is 0.909 bits per heavy atom. The Labute approximate surface area is 189 Å². The van der Waals surface area contributed by atoms with E-state index < -0.39 is 29.6 Å². The predicted octanol–water partition coefficient (Wildman–Crippen LogP) is 6.81. The van der Waals surface area contributed by atoms with Gasteiger partial charge >= 0.3 is 0 Å². The van der Waals surface area contributed by atoms with Crippen LogP contribution in [0.2, 0.25) is 0 Å². The largest absolute Gasteiger partial charge is 0.348 e. The fourth-order valence-corrected chi connectivity index (χ4v) is 3.73. The number of halogens is 4. The summed E-state index contributed by atoms with van der Waals surface area (Å²) in [4.78, 5) is 0. The third kappa shape index (κ3) is 5.27. The molecule has 0 unspecified atom stereocenters. The van der Waals surface area contributed by atoms with E-state index in [-0.39, 0.29) is 22.4 Å². The van der Waals surface area contributed by atoms with Gasteiger partial charge in [-0.2, -0.15) is 0 Å². The summed E-state index contributed by atoms with van der Waals surface area (Å²) in [6.07, 6.45) is 5.09. The van der Waals surface area contributed by atoms with E-state index in [0.29, 0.717) is 24.2 Å². The van der Waals surface area contributed by atoms with E-state index in [2.05, 4.69) is 17.9 Å². The lowest BCUT2D eigenvalue weighted by Crippen LogP contribution is -2.27. The van der Waals surface area contributed by atoms with Gasteiger partial charge in [0.15, 0.2) is 17.9 Å². The fourth-order valence-electron chi connectivity index (χ4n) is 3.73. The van der Waals surface area contributed by atoms with Crippen molar-refractivity contribution in [1.82, 2.24) is 0 Å². The molecule has 3 aromatic carbocycles. The monoisotopic (exact) mass is 454 g/mol. The maximum Gasteiger partial charge on any atom is 0.184 e. The lowest BCUT2D eigenvalue weighted by molar-refractivity contribution is -0.206. The highest BCUT2D eigenvalue weighted by atomic mass is 19.2. The van der Waals surface area contributed by atoms with Crippen molar-refractivity contribution in [2.75, 3.05) is 13.2 Å². The molecule has 0 spiro atoms. The predicted molar refractivity (Wildman–Crippen MR) is 118 cm³/mol. The Kier molecular flexibility index (Phi) is 7.12. The molecule has 0 aromatic heterocycles. The van der Waals surface area contributed by atoms with Crippen molar-refractivity contribution in [3.8, 4) is 11.8 Å². The summed E-state index contributed by atoms with van der Waals surface area (Å²) >= 11 is 0. The zero-order chi connectivity index (χ0) is 23.4. The molecule has 3 aromatic rings. The Hall–Kier alpha value is -3.14. The molecule has 0 bridgehead atoms. The molecule has 0 aliphatic carbocycles. The van der Waals surface area contributed by atoms with E-state index in [9.17, 15) is 17.6 Å². The molecule has 1 saturated heterocycles. The van der Waals surface area contributed by atoms with Crippen molar-refractivity contribution < 1.29 is 27.0 Å². The van der Waals surface area contributed by atoms with Gasteiger partial charge in [0.2, 0.25) is 0 Å². The Balaban J connectivity index is 1.49.